The van der Waals surface area contributed by atoms with Gasteiger partial charge in [-0.2, -0.15) is 0 Å². The largest absolute Gasteiger partial charge is 0.455 e. The first-order valence-electron chi connectivity index (χ1n) is 10.1. The molecule has 0 radical (unpaired) electrons. The minimum absolute atomic E-state index is 0.0775. The molecule has 3 aliphatic rings. The summed E-state index contributed by atoms with van der Waals surface area (Å²) in [5.74, 6) is -1.67. The molecule has 0 aromatic rings. The number of ether oxygens (including phenoxy) is 2. The summed E-state index contributed by atoms with van der Waals surface area (Å²) in [5.41, 5.74) is -3.05. The normalized spacial score (nSPS) is 38.8. The molecule has 6 nitrogen and oxygen atoms in total. The quantitative estimate of drug-likeness (QED) is 0.325. The van der Waals surface area contributed by atoms with E-state index in [0.717, 1.165) is 12.8 Å². The minimum Gasteiger partial charge on any atom is -0.455 e. The highest BCUT2D eigenvalue weighted by Gasteiger charge is 2.71. The fraction of sp³-hybridized carbons (Fsp3) is 0.565. The highest BCUT2D eigenvalue weighted by Crippen LogP contribution is 2.63. The molecule has 5 atom stereocenters. The fourth-order valence-electron chi connectivity index (χ4n) is 5.53. The second-order valence-electron chi connectivity index (χ2n) is 9.00. The number of aliphatic hydroxyl groups excluding tert-OH is 1. The van der Waals surface area contributed by atoms with Crippen LogP contribution in [0.1, 0.15) is 47.0 Å². The number of carbonyl (C=O) groups excluding carboxylic acids is 2. The van der Waals surface area contributed by atoms with Gasteiger partial charge in [0.25, 0.3) is 0 Å². The second-order valence-corrected chi connectivity index (χ2v) is 9.00. The molecule has 3 rings (SSSR count). The summed E-state index contributed by atoms with van der Waals surface area (Å²) in [4.78, 5) is 25.0. The summed E-state index contributed by atoms with van der Waals surface area (Å²) >= 11 is 0. The smallest absolute Gasteiger partial charge is 0.345 e. The maximum atomic E-state index is 12.6. The summed E-state index contributed by atoms with van der Waals surface area (Å²) in [6.45, 7) is 7.85. The van der Waals surface area contributed by atoms with Crippen LogP contribution in [-0.2, 0) is 19.1 Å². The van der Waals surface area contributed by atoms with Crippen LogP contribution >= 0.6 is 0 Å². The highest BCUT2D eigenvalue weighted by atomic mass is 16.7. The third kappa shape index (κ3) is 3.38. The molecule has 0 aromatic heterocycles. The monoisotopic (exact) mass is 402 g/mol. The van der Waals surface area contributed by atoms with E-state index in [1.807, 2.05) is 26.0 Å². The molecule has 1 heterocycles. The summed E-state index contributed by atoms with van der Waals surface area (Å²) in [7, 11) is 0. The van der Waals surface area contributed by atoms with Gasteiger partial charge in [0.15, 0.2) is 5.60 Å². The number of carbonyl (C=O) groups is 2. The number of esters is 2. The first-order chi connectivity index (χ1) is 13.6. The SMILES string of the molecule is C/C=C/C=C/C=C/C(=O)O[C@@H]1C=C2[C@H](O)OC(=O)[C@]2(O)[C@@]2(C)CCCC(C)(C)[C@H]12. The fourth-order valence-corrected chi connectivity index (χ4v) is 5.53. The average molecular weight is 402 g/mol. The molecule has 29 heavy (non-hydrogen) atoms. The van der Waals surface area contributed by atoms with Gasteiger partial charge in [0.2, 0.25) is 6.29 Å². The molecule has 2 N–H and O–H groups in total. The van der Waals surface area contributed by atoms with Crippen LogP contribution in [0, 0.1) is 16.7 Å². The second kappa shape index (κ2) is 7.58. The molecule has 0 spiro atoms. The maximum Gasteiger partial charge on any atom is 0.345 e. The van der Waals surface area contributed by atoms with E-state index in [0.29, 0.717) is 6.42 Å². The van der Waals surface area contributed by atoms with E-state index in [1.165, 1.54) is 12.2 Å². The van der Waals surface area contributed by atoms with Crippen LogP contribution < -0.4 is 0 Å². The average Bonchev–Trinajstić information content (AvgIpc) is 2.85. The zero-order valence-electron chi connectivity index (χ0n) is 17.4. The lowest BCUT2D eigenvalue weighted by Crippen LogP contribution is -2.65. The number of rotatable bonds is 4. The van der Waals surface area contributed by atoms with Crippen molar-refractivity contribution < 1.29 is 29.3 Å². The van der Waals surface area contributed by atoms with Crippen molar-refractivity contribution in [3.05, 3.63) is 48.1 Å². The van der Waals surface area contributed by atoms with Crippen molar-refractivity contribution in [1.82, 2.24) is 0 Å². The Bertz CT molecular complexity index is 804. The third-order valence-electron chi connectivity index (χ3n) is 6.75. The minimum atomic E-state index is -1.91. The van der Waals surface area contributed by atoms with Crippen molar-refractivity contribution in [2.75, 3.05) is 0 Å². The molecule has 1 saturated carbocycles. The van der Waals surface area contributed by atoms with E-state index in [9.17, 15) is 19.8 Å². The van der Waals surface area contributed by atoms with Gasteiger partial charge in [0.1, 0.15) is 6.10 Å². The van der Waals surface area contributed by atoms with Gasteiger partial charge in [-0.1, -0.05) is 57.6 Å². The first kappa shape index (κ1) is 21.5. The van der Waals surface area contributed by atoms with Gasteiger partial charge >= 0.3 is 11.9 Å². The summed E-state index contributed by atoms with van der Waals surface area (Å²) in [6, 6.07) is 0. The van der Waals surface area contributed by atoms with E-state index in [-0.39, 0.29) is 16.9 Å². The van der Waals surface area contributed by atoms with Crippen LogP contribution in [0.2, 0.25) is 0 Å². The van der Waals surface area contributed by atoms with Crippen LogP contribution in [0.4, 0.5) is 0 Å². The summed E-state index contributed by atoms with van der Waals surface area (Å²) in [6.07, 6.45) is 11.7. The predicted octanol–water partition coefficient (Wildman–Crippen LogP) is 2.97. The lowest BCUT2D eigenvalue weighted by molar-refractivity contribution is -0.195. The van der Waals surface area contributed by atoms with E-state index in [4.69, 9.17) is 9.47 Å². The van der Waals surface area contributed by atoms with Gasteiger partial charge < -0.3 is 19.7 Å². The van der Waals surface area contributed by atoms with Crippen LogP contribution in [0.25, 0.3) is 0 Å². The van der Waals surface area contributed by atoms with Crippen LogP contribution in [0.15, 0.2) is 48.1 Å². The Morgan fingerprint density at radius 3 is 2.59 bits per heavy atom. The Labute approximate surface area is 171 Å². The summed E-state index contributed by atoms with van der Waals surface area (Å²) < 4.78 is 10.7. The number of cyclic esters (lactones) is 1. The van der Waals surface area contributed by atoms with Gasteiger partial charge in [-0.3, -0.25) is 0 Å². The molecule has 6 heteroatoms. The zero-order chi connectivity index (χ0) is 21.4. The molecule has 0 bridgehead atoms. The van der Waals surface area contributed by atoms with E-state index < -0.39 is 35.3 Å². The zero-order valence-corrected chi connectivity index (χ0v) is 17.4. The molecule has 1 aliphatic heterocycles. The lowest BCUT2D eigenvalue weighted by Gasteiger charge is -2.59. The van der Waals surface area contributed by atoms with Crippen molar-refractivity contribution in [1.29, 1.82) is 0 Å². The number of hydrogen-bond acceptors (Lipinski definition) is 6. The predicted molar refractivity (Wildman–Crippen MR) is 107 cm³/mol. The van der Waals surface area contributed by atoms with Crippen molar-refractivity contribution >= 4 is 11.9 Å². The van der Waals surface area contributed by atoms with Gasteiger partial charge in [-0.05, 0) is 31.3 Å². The van der Waals surface area contributed by atoms with Crippen molar-refractivity contribution in [2.45, 2.75) is 65.0 Å². The van der Waals surface area contributed by atoms with Crippen LogP contribution in [0.5, 0.6) is 0 Å². The number of allylic oxidation sites excluding steroid dienone is 5. The molecule has 1 saturated heterocycles. The van der Waals surface area contributed by atoms with Crippen LogP contribution in [-0.4, -0.2) is 40.1 Å². The van der Waals surface area contributed by atoms with Gasteiger partial charge in [0.05, 0.1) is 0 Å². The molecular formula is C23H30O6. The Morgan fingerprint density at radius 1 is 1.21 bits per heavy atom. The van der Waals surface area contributed by atoms with Gasteiger partial charge in [-0.25, -0.2) is 9.59 Å². The maximum absolute atomic E-state index is 12.6. The number of hydrogen-bond donors (Lipinski definition) is 2. The lowest BCUT2D eigenvalue weighted by atomic mass is 9.46. The first-order valence-corrected chi connectivity index (χ1v) is 10.1. The molecule has 0 aromatic carbocycles. The van der Waals surface area contributed by atoms with E-state index in [1.54, 1.807) is 18.2 Å². The van der Waals surface area contributed by atoms with Gasteiger partial charge in [0, 0.05) is 23.0 Å². The van der Waals surface area contributed by atoms with Gasteiger partial charge in [-0.15, -0.1) is 0 Å². The number of fused-ring (bicyclic) bond motifs is 3. The Hall–Kier alpha value is -2.18. The standard InChI is InChI=1S/C23H30O6/c1-5-6-7-8-9-11-17(24)28-16-14-15-19(25)29-20(26)23(15,27)22(4)13-10-12-21(2,3)18(16)22/h5-9,11,14,16,18-19,25,27H,10,12-13H2,1-4H3/b6-5+,8-7+,11-9+/t16-,18+,19-,22+,23+/m1/s1. The van der Waals surface area contributed by atoms with Crippen LogP contribution in [0.3, 0.4) is 0 Å². The topological polar surface area (TPSA) is 93.1 Å². The Kier molecular flexibility index (Phi) is 5.62. The van der Waals surface area contributed by atoms with Crippen molar-refractivity contribution in [3.63, 3.8) is 0 Å². The van der Waals surface area contributed by atoms with Crippen molar-refractivity contribution in [2.24, 2.45) is 16.7 Å². The molecule has 2 aliphatic carbocycles. The van der Waals surface area contributed by atoms with Crippen molar-refractivity contribution in [3.8, 4) is 0 Å². The molecule has 0 amide bonds. The van der Waals surface area contributed by atoms with E-state index >= 15 is 0 Å². The number of aliphatic hydroxyl groups is 2. The van der Waals surface area contributed by atoms with E-state index in [2.05, 4.69) is 13.8 Å². The molecule has 0 unspecified atom stereocenters. The third-order valence-corrected chi connectivity index (χ3v) is 6.75. The molecule has 158 valence electrons. The summed E-state index contributed by atoms with van der Waals surface area (Å²) in [5, 5.41) is 21.7. The Morgan fingerprint density at radius 2 is 1.90 bits per heavy atom. The molecule has 2 fully saturated rings. The Balaban J connectivity index is 1.98. The highest BCUT2D eigenvalue weighted by molar-refractivity contribution is 5.89. The molecular weight excluding hydrogens is 372 g/mol.